The van der Waals surface area contributed by atoms with Crippen LogP contribution in [0.5, 0.6) is 0 Å². The first-order valence-electron chi connectivity index (χ1n) is 7.85. The molecule has 0 spiro atoms. The van der Waals surface area contributed by atoms with Gasteiger partial charge in [-0.2, -0.15) is 4.98 Å². The molecule has 2 aromatic rings. The predicted molar refractivity (Wildman–Crippen MR) is 88.9 cm³/mol. The summed E-state index contributed by atoms with van der Waals surface area (Å²) in [6.45, 7) is 6.86. The molecule has 1 aliphatic rings. The first-order valence-corrected chi connectivity index (χ1v) is 7.85. The number of fused-ring (bicyclic) bond motifs is 1. The second kappa shape index (κ2) is 5.51. The zero-order valence-electron chi connectivity index (χ0n) is 13.2. The Bertz CT molecular complexity index is 630. The first kappa shape index (κ1) is 14.1. The molecule has 1 aromatic carbocycles. The van der Waals surface area contributed by atoms with Gasteiger partial charge in [0.1, 0.15) is 5.82 Å². The van der Waals surface area contributed by atoms with E-state index in [-0.39, 0.29) is 0 Å². The summed E-state index contributed by atoms with van der Waals surface area (Å²) in [6, 6.07) is 8.27. The van der Waals surface area contributed by atoms with Crippen LogP contribution in [-0.2, 0) is 0 Å². The maximum Gasteiger partial charge on any atom is 0.224 e. The van der Waals surface area contributed by atoms with Gasteiger partial charge in [-0.3, -0.25) is 0 Å². The highest BCUT2D eigenvalue weighted by atomic mass is 15.2. The van der Waals surface area contributed by atoms with Crippen LogP contribution in [-0.4, -0.2) is 30.1 Å². The summed E-state index contributed by atoms with van der Waals surface area (Å²) in [5.74, 6) is 1.77. The summed E-state index contributed by atoms with van der Waals surface area (Å²) in [5.41, 5.74) is 1.50. The molecule has 112 valence electrons. The quantitative estimate of drug-likeness (QED) is 0.933. The number of hydrogen-bond donors (Lipinski definition) is 1. The van der Waals surface area contributed by atoms with Crippen molar-refractivity contribution in [2.24, 2.45) is 5.41 Å². The van der Waals surface area contributed by atoms with Crippen LogP contribution in [0, 0.1) is 5.41 Å². The summed E-state index contributed by atoms with van der Waals surface area (Å²) in [5, 5.41) is 4.23. The van der Waals surface area contributed by atoms with E-state index in [2.05, 4.69) is 47.2 Å². The minimum atomic E-state index is 0.491. The van der Waals surface area contributed by atoms with Gasteiger partial charge >= 0.3 is 0 Å². The number of para-hydroxylation sites is 1. The van der Waals surface area contributed by atoms with Crippen molar-refractivity contribution in [3.63, 3.8) is 0 Å². The maximum atomic E-state index is 4.72. The van der Waals surface area contributed by atoms with Crippen molar-refractivity contribution in [2.75, 3.05) is 30.4 Å². The highest BCUT2D eigenvalue weighted by Gasteiger charge is 2.29. The lowest BCUT2D eigenvalue weighted by atomic mass is 9.78. The van der Waals surface area contributed by atoms with Gasteiger partial charge in [-0.1, -0.05) is 32.4 Å². The fourth-order valence-electron chi connectivity index (χ4n) is 3.02. The maximum absolute atomic E-state index is 4.72. The van der Waals surface area contributed by atoms with Crippen LogP contribution in [0.2, 0.25) is 0 Å². The smallest absolute Gasteiger partial charge is 0.224 e. The van der Waals surface area contributed by atoms with Gasteiger partial charge < -0.3 is 10.2 Å². The van der Waals surface area contributed by atoms with Crippen LogP contribution in [0.3, 0.4) is 0 Å². The molecule has 1 fully saturated rings. The van der Waals surface area contributed by atoms with Gasteiger partial charge in [0.05, 0.1) is 5.52 Å². The van der Waals surface area contributed by atoms with Gasteiger partial charge in [-0.25, -0.2) is 4.98 Å². The zero-order valence-corrected chi connectivity index (χ0v) is 13.2. The summed E-state index contributed by atoms with van der Waals surface area (Å²) < 4.78 is 0. The lowest BCUT2D eigenvalue weighted by Gasteiger charge is -2.39. The van der Waals surface area contributed by atoms with E-state index in [0.29, 0.717) is 11.4 Å². The van der Waals surface area contributed by atoms with Gasteiger partial charge in [-0.05, 0) is 30.4 Å². The number of nitrogens with one attached hydrogen (secondary N) is 1. The molecular weight excluding hydrogens is 260 g/mol. The average molecular weight is 284 g/mol. The Balaban J connectivity index is 1.97. The number of aromatic nitrogens is 2. The fraction of sp³-hybridized carbons (Fsp3) is 0.529. The van der Waals surface area contributed by atoms with Crippen molar-refractivity contribution >= 4 is 22.7 Å². The van der Waals surface area contributed by atoms with E-state index in [1.165, 1.54) is 19.3 Å². The number of benzene rings is 1. The normalized spacial score (nSPS) is 18.0. The minimum Gasteiger partial charge on any atom is -0.357 e. The highest BCUT2D eigenvalue weighted by Crippen LogP contribution is 2.36. The van der Waals surface area contributed by atoms with Crippen LogP contribution in [0.15, 0.2) is 24.3 Å². The van der Waals surface area contributed by atoms with Crippen LogP contribution in [0.25, 0.3) is 10.9 Å². The molecule has 0 aliphatic carbocycles. The third-order valence-electron chi connectivity index (χ3n) is 4.93. The summed E-state index contributed by atoms with van der Waals surface area (Å²) in [4.78, 5) is 11.7. The summed E-state index contributed by atoms with van der Waals surface area (Å²) >= 11 is 0. The van der Waals surface area contributed by atoms with Gasteiger partial charge in [0, 0.05) is 25.5 Å². The number of rotatable bonds is 3. The molecule has 2 heterocycles. The van der Waals surface area contributed by atoms with Gasteiger partial charge in [0.25, 0.3) is 0 Å². The molecule has 0 saturated carbocycles. The Morgan fingerprint density at radius 2 is 1.90 bits per heavy atom. The number of piperidine rings is 1. The van der Waals surface area contributed by atoms with Crippen LogP contribution < -0.4 is 10.2 Å². The second-order valence-corrected chi connectivity index (χ2v) is 6.29. The monoisotopic (exact) mass is 284 g/mol. The van der Waals surface area contributed by atoms with Gasteiger partial charge in [0.15, 0.2) is 0 Å². The molecule has 3 rings (SSSR count). The fourth-order valence-corrected chi connectivity index (χ4v) is 3.02. The van der Waals surface area contributed by atoms with Crippen LogP contribution in [0.1, 0.15) is 33.1 Å². The SMILES string of the molecule is CCC1(C)CCN(c2nc(NC)nc3ccccc23)CC1. The molecule has 4 heteroatoms. The Morgan fingerprint density at radius 3 is 2.57 bits per heavy atom. The van der Waals surface area contributed by atoms with E-state index in [1.807, 2.05) is 13.1 Å². The molecule has 0 bridgehead atoms. The lowest BCUT2D eigenvalue weighted by Crippen LogP contribution is -2.39. The Hall–Kier alpha value is -1.84. The lowest BCUT2D eigenvalue weighted by molar-refractivity contribution is 0.238. The van der Waals surface area contributed by atoms with Crippen molar-refractivity contribution < 1.29 is 0 Å². The van der Waals surface area contributed by atoms with Gasteiger partial charge in [0.2, 0.25) is 5.95 Å². The molecule has 0 atom stereocenters. The molecule has 0 unspecified atom stereocenters. The topological polar surface area (TPSA) is 41.1 Å². The molecule has 4 nitrogen and oxygen atoms in total. The van der Waals surface area contributed by atoms with Crippen molar-refractivity contribution in [2.45, 2.75) is 33.1 Å². The van der Waals surface area contributed by atoms with E-state index in [4.69, 9.17) is 4.98 Å². The van der Waals surface area contributed by atoms with E-state index >= 15 is 0 Å². The molecule has 1 aromatic heterocycles. The molecular formula is C17H24N4. The first-order chi connectivity index (χ1) is 10.1. The van der Waals surface area contributed by atoms with Crippen molar-refractivity contribution in [1.82, 2.24) is 9.97 Å². The molecule has 0 radical (unpaired) electrons. The highest BCUT2D eigenvalue weighted by molar-refractivity contribution is 5.90. The molecule has 1 N–H and O–H groups in total. The van der Waals surface area contributed by atoms with Crippen molar-refractivity contribution in [1.29, 1.82) is 0 Å². The number of hydrogen-bond acceptors (Lipinski definition) is 4. The van der Waals surface area contributed by atoms with Crippen molar-refractivity contribution in [3.8, 4) is 0 Å². The molecule has 0 amide bonds. The molecule has 1 saturated heterocycles. The Kier molecular flexibility index (Phi) is 3.70. The zero-order chi connectivity index (χ0) is 14.9. The average Bonchev–Trinajstić information content (AvgIpc) is 2.54. The van der Waals surface area contributed by atoms with Gasteiger partial charge in [-0.15, -0.1) is 0 Å². The van der Waals surface area contributed by atoms with E-state index in [1.54, 1.807) is 0 Å². The Morgan fingerprint density at radius 1 is 1.19 bits per heavy atom. The van der Waals surface area contributed by atoms with Crippen LogP contribution >= 0.6 is 0 Å². The molecule has 1 aliphatic heterocycles. The number of anilines is 2. The van der Waals surface area contributed by atoms with Crippen molar-refractivity contribution in [3.05, 3.63) is 24.3 Å². The van der Waals surface area contributed by atoms with Crippen LogP contribution in [0.4, 0.5) is 11.8 Å². The second-order valence-electron chi connectivity index (χ2n) is 6.29. The third-order valence-corrected chi connectivity index (χ3v) is 4.93. The number of nitrogens with zero attached hydrogens (tertiary/aromatic N) is 3. The largest absolute Gasteiger partial charge is 0.357 e. The molecule has 21 heavy (non-hydrogen) atoms. The minimum absolute atomic E-state index is 0.491. The Labute approximate surface area is 126 Å². The van der Waals surface area contributed by atoms with E-state index < -0.39 is 0 Å². The predicted octanol–water partition coefficient (Wildman–Crippen LogP) is 3.69. The summed E-state index contributed by atoms with van der Waals surface area (Å²) in [6.07, 6.45) is 3.72. The van der Waals surface area contributed by atoms with E-state index in [0.717, 1.165) is 29.8 Å². The summed E-state index contributed by atoms with van der Waals surface area (Å²) in [7, 11) is 1.87. The standard InChI is InChI=1S/C17H24N4/c1-4-17(2)9-11-21(12-10-17)15-13-7-5-6-8-14(13)19-16(18-3)20-15/h5-8H,4,9-12H2,1-3H3,(H,18,19,20). The van der Waals surface area contributed by atoms with E-state index in [9.17, 15) is 0 Å². The third kappa shape index (κ3) is 2.67.